The first-order valence-electron chi connectivity index (χ1n) is 17.8. The zero-order valence-electron chi connectivity index (χ0n) is 29.2. The molecule has 264 valence electrons. The quantitative estimate of drug-likeness (QED) is 0.285. The van der Waals surface area contributed by atoms with Crippen molar-refractivity contribution in [2.45, 2.75) is 110 Å². The number of nitrogens with one attached hydrogen (secondary N) is 2. The van der Waals surface area contributed by atoms with Gasteiger partial charge in [0.2, 0.25) is 11.8 Å². The van der Waals surface area contributed by atoms with E-state index in [0.29, 0.717) is 49.5 Å². The fraction of sp³-hybridized carbons (Fsp3) is 0.676. The number of benzene rings is 1. The summed E-state index contributed by atoms with van der Waals surface area (Å²) in [5, 5.41) is 6.64. The fourth-order valence-corrected chi connectivity index (χ4v) is 8.24. The molecule has 1 aliphatic heterocycles. The lowest BCUT2D eigenvalue weighted by molar-refractivity contribution is -0.142. The molecule has 0 spiro atoms. The number of aryl methyl sites for hydroxylation is 1. The Morgan fingerprint density at radius 2 is 1.69 bits per heavy atom. The van der Waals surface area contributed by atoms with Gasteiger partial charge in [-0.3, -0.25) is 9.59 Å². The van der Waals surface area contributed by atoms with Crippen LogP contribution in [0.2, 0.25) is 0 Å². The first-order chi connectivity index (χ1) is 22.9. The van der Waals surface area contributed by atoms with E-state index in [1.54, 1.807) is 38.3 Å². The number of carbonyl (C=O) groups excluding carboxylic acids is 4. The van der Waals surface area contributed by atoms with Gasteiger partial charge in [0.1, 0.15) is 24.0 Å². The smallest absolute Gasteiger partial charge is 0.407 e. The molecule has 3 amide bonds. The van der Waals surface area contributed by atoms with Gasteiger partial charge in [-0.1, -0.05) is 32.1 Å². The number of esters is 1. The van der Waals surface area contributed by atoms with E-state index in [1.807, 2.05) is 30.1 Å². The third-order valence-corrected chi connectivity index (χ3v) is 10.6. The number of fused-ring (bicyclic) bond motifs is 1. The number of rotatable bonds is 9. The molecule has 2 N–H and O–H groups in total. The van der Waals surface area contributed by atoms with Crippen LogP contribution in [0.25, 0.3) is 10.9 Å². The largest absolute Gasteiger partial charge is 0.461 e. The molecule has 2 aromatic rings. The standard InChI is InChI=1S/C37H53FN4O6/c1-6-47-35(45)31-21-26-20-27(16-17-30(26)41(31)5)39-33(43)32-28(23-10-8-7-9-11-23)18-19-42(32)34(44)25-14-12-24(13-15-25)29(22-38)40-36(46)48-37(2,3)4/h16-17,20-21,23-25,28-29,32H,6-15,18-19,22H2,1-5H3,(H,39,43)(H,40,46)/t24?,25?,28-,29?,32-/m0/s1. The second-order valence-electron chi connectivity index (χ2n) is 14.9. The van der Waals surface area contributed by atoms with E-state index in [2.05, 4.69) is 10.6 Å². The van der Waals surface area contributed by atoms with Gasteiger partial charge in [-0.15, -0.1) is 0 Å². The van der Waals surface area contributed by atoms with Gasteiger partial charge in [0, 0.05) is 36.1 Å². The van der Waals surface area contributed by atoms with Gasteiger partial charge in [0.25, 0.3) is 0 Å². The van der Waals surface area contributed by atoms with Crippen molar-refractivity contribution in [3.05, 3.63) is 30.0 Å². The van der Waals surface area contributed by atoms with Crippen LogP contribution in [0.4, 0.5) is 14.9 Å². The molecule has 1 aromatic carbocycles. The zero-order valence-corrected chi connectivity index (χ0v) is 29.2. The second kappa shape index (κ2) is 15.3. The molecule has 1 aromatic heterocycles. The summed E-state index contributed by atoms with van der Waals surface area (Å²) in [6.45, 7) is 7.21. The number of ether oxygens (including phenoxy) is 2. The van der Waals surface area contributed by atoms with Crippen LogP contribution in [-0.2, 0) is 26.1 Å². The van der Waals surface area contributed by atoms with Crippen LogP contribution < -0.4 is 10.6 Å². The molecule has 0 bridgehead atoms. The number of aromatic nitrogens is 1. The van der Waals surface area contributed by atoms with E-state index in [-0.39, 0.29) is 36.2 Å². The van der Waals surface area contributed by atoms with E-state index in [1.165, 1.54) is 6.42 Å². The van der Waals surface area contributed by atoms with Crippen molar-refractivity contribution >= 4 is 40.5 Å². The number of hydrogen-bond acceptors (Lipinski definition) is 6. The van der Waals surface area contributed by atoms with Crippen molar-refractivity contribution < 1.29 is 33.0 Å². The topological polar surface area (TPSA) is 119 Å². The first-order valence-corrected chi connectivity index (χ1v) is 17.8. The highest BCUT2D eigenvalue weighted by atomic mass is 19.1. The summed E-state index contributed by atoms with van der Waals surface area (Å²) in [5.74, 6) is -0.412. The Hall–Kier alpha value is -3.63. The van der Waals surface area contributed by atoms with E-state index >= 15 is 0 Å². The zero-order chi connectivity index (χ0) is 34.6. The minimum atomic E-state index is -0.696. The molecule has 2 aliphatic carbocycles. The minimum Gasteiger partial charge on any atom is -0.461 e. The van der Waals surface area contributed by atoms with Gasteiger partial charge in [-0.2, -0.15) is 0 Å². The van der Waals surface area contributed by atoms with Crippen LogP contribution in [0.3, 0.4) is 0 Å². The van der Waals surface area contributed by atoms with Crippen molar-refractivity contribution in [3.8, 4) is 0 Å². The number of carbonyl (C=O) groups is 4. The van der Waals surface area contributed by atoms with Gasteiger partial charge < -0.3 is 29.6 Å². The summed E-state index contributed by atoms with van der Waals surface area (Å²) in [4.78, 5) is 54.9. The number of hydrogen-bond donors (Lipinski definition) is 2. The van der Waals surface area contributed by atoms with Crippen LogP contribution in [-0.4, -0.2) is 70.9 Å². The third kappa shape index (κ3) is 8.14. The molecule has 48 heavy (non-hydrogen) atoms. The third-order valence-electron chi connectivity index (χ3n) is 10.6. The summed E-state index contributed by atoms with van der Waals surface area (Å²) >= 11 is 0. The van der Waals surface area contributed by atoms with Crippen molar-refractivity contribution in [1.82, 2.24) is 14.8 Å². The monoisotopic (exact) mass is 668 g/mol. The van der Waals surface area contributed by atoms with Crippen molar-refractivity contribution in [2.75, 3.05) is 25.1 Å². The van der Waals surface area contributed by atoms with E-state index < -0.39 is 36.4 Å². The lowest BCUT2D eigenvalue weighted by atomic mass is 9.76. The first kappa shape index (κ1) is 35.7. The Labute approximate surface area is 283 Å². The predicted octanol–water partition coefficient (Wildman–Crippen LogP) is 6.76. The van der Waals surface area contributed by atoms with Gasteiger partial charge in [-0.05, 0) is 102 Å². The van der Waals surface area contributed by atoms with Crippen molar-refractivity contribution in [3.63, 3.8) is 0 Å². The summed E-state index contributed by atoms with van der Waals surface area (Å²) in [6, 6.07) is 6.12. The maximum Gasteiger partial charge on any atom is 0.407 e. The molecule has 2 heterocycles. The number of alkyl carbamates (subject to hydrolysis) is 1. The highest BCUT2D eigenvalue weighted by Gasteiger charge is 2.47. The van der Waals surface area contributed by atoms with Crippen LogP contribution in [0.15, 0.2) is 24.3 Å². The van der Waals surface area contributed by atoms with Crippen LogP contribution >= 0.6 is 0 Å². The van der Waals surface area contributed by atoms with E-state index in [4.69, 9.17) is 9.47 Å². The highest BCUT2D eigenvalue weighted by molar-refractivity contribution is 6.01. The molecule has 5 rings (SSSR count). The van der Waals surface area contributed by atoms with Gasteiger partial charge in [0.15, 0.2) is 0 Å². The number of anilines is 1. The molecule has 0 radical (unpaired) electrons. The lowest BCUT2D eigenvalue weighted by Crippen LogP contribution is -2.50. The van der Waals surface area contributed by atoms with Gasteiger partial charge in [-0.25, -0.2) is 14.0 Å². The molecular formula is C37H53FN4O6. The summed E-state index contributed by atoms with van der Waals surface area (Å²) in [5.41, 5.74) is 1.23. The molecule has 11 heteroatoms. The Morgan fingerprint density at radius 3 is 2.33 bits per heavy atom. The van der Waals surface area contributed by atoms with Crippen molar-refractivity contribution in [2.24, 2.45) is 30.7 Å². The van der Waals surface area contributed by atoms with E-state index in [9.17, 15) is 23.6 Å². The summed E-state index contributed by atoms with van der Waals surface area (Å²) < 4.78 is 26.4. The Morgan fingerprint density at radius 1 is 0.979 bits per heavy atom. The molecule has 3 aliphatic rings. The molecule has 10 nitrogen and oxygen atoms in total. The fourth-order valence-electron chi connectivity index (χ4n) is 8.24. The Balaban J connectivity index is 1.29. The molecule has 2 saturated carbocycles. The van der Waals surface area contributed by atoms with Crippen LogP contribution in [0, 0.1) is 23.7 Å². The molecule has 1 unspecified atom stereocenters. The van der Waals surface area contributed by atoms with E-state index in [0.717, 1.165) is 43.0 Å². The number of likely N-dealkylation sites (tertiary alicyclic amines) is 1. The van der Waals surface area contributed by atoms with Gasteiger partial charge >= 0.3 is 12.1 Å². The summed E-state index contributed by atoms with van der Waals surface area (Å²) in [6.07, 6.45) is 8.21. The predicted molar refractivity (Wildman–Crippen MR) is 182 cm³/mol. The number of halogens is 1. The minimum absolute atomic E-state index is 0.00130. The Kier molecular flexibility index (Phi) is 11.4. The van der Waals surface area contributed by atoms with Gasteiger partial charge in [0.05, 0.1) is 12.6 Å². The van der Waals surface area contributed by atoms with Crippen molar-refractivity contribution in [1.29, 1.82) is 0 Å². The average Bonchev–Trinajstić information content (AvgIpc) is 3.65. The SMILES string of the molecule is CCOC(=O)c1cc2cc(NC(=O)[C@@H]3[C@H](C4CCCCC4)CCN3C(=O)C3CCC(C(CF)NC(=O)OC(C)(C)C)CC3)ccc2n1C. The van der Waals surface area contributed by atoms with Crippen LogP contribution in [0.5, 0.6) is 0 Å². The van der Waals surface area contributed by atoms with Crippen LogP contribution in [0.1, 0.15) is 102 Å². The number of nitrogens with zero attached hydrogens (tertiary/aromatic N) is 2. The molecular weight excluding hydrogens is 615 g/mol. The average molecular weight is 669 g/mol. The Bertz CT molecular complexity index is 1470. The number of alkyl halides is 1. The highest BCUT2D eigenvalue weighted by Crippen LogP contribution is 2.41. The molecule has 1 saturated heterocycles. The maximum absolute atomic E-state index is 14.2. The molecule has 3 fully saturated rings. The lowest BCUT2D eigenvalue weighted by Gasteiger charge is -2.37. The second-order valence-corrected chi connectivity index (χ2v) is 14.9. The normalized spacial score (nSPS) is 24.2. The summed E-state index contributed by atoms with van der Waals surface area (Å²) in [7, 11) is 1.81. The number of amides is 3. The maximum atomic E-state index is 14.2. The molecule has 3 atom stereocenters.